The average molecular weight is 268 g/mol. The fourth-order valence-corrected chi connectivity index (χ4v) is 1.75. The maximum absolute atomic E-state index is 12.1. The first-order valence-corrected chi connectivity index (χ1v) is 5.61. The monoisotopic (exact) mass is 267 g/mol. The van der Waals surface area contributed by atoms with Crippen molar-refractivity contribution in [3.8, 4) is 0 Å². The van der Waals surface area contributed by atoms with E-state index in [1.807, 2.05) is 0 Å². The zero-order valence-electron chi connectivity index (χ0n) is 9.53. The number of hydrogen-bond donors (Lipinski definition) is 1. The number of carbonyl (C=O) groups is 1. The van der Waals surface area contributed by atoms with E-state index >= 15 is 0 Å². The molecule has 0 saturated heterocycles. The van der Waals surface area contributed by atoms with Crippen LogP contribution in [0.3, 0.4) is 0 Å². The van der Waals surface area contributed by atoms with E-state index in [0.717, 1.165) is 0 Å². The SMILES string of the molecule is CCOC(=O)c1c(N)oc2ccc(Cl)cc2c1=O. The maximum Gasteiger partial charge on any atom is 0.347 e. The van der Waals surface area contributed by atoms with Gasteiger partial charge in [-0.1, -0.05) is 11.6 Å². The number of ether oxygens (including phenoxy) is 1. The second-order valence-corrected chi connectivity index (χ2v) is 3.97. The van der Waals surface area contributed by atoms with Crippen molar-refractivity contribution in [2.75, 3.05) is 12.3 Å². The number of rotatable bonds is 2. The minimum atomic E-state index is -0.800. The van der Waals surface area contributed by atoms with Gasteiger partial charge < -0.3 is 14.9 Å². The van der Waals surface area contributed by atoms with E-state index in [1.54, 1.807) is 13.0 Å². The molecule has 18 heavy (non-hydrogen) atoms. The molecule has 0 spiro atoms. The first-order valence-electron chi connectivity index (χ1n) is 5.23. The van der Waals surface area contributed by atoms with Gasteiger partial charge in [-0.05, 0) is 25.1 Å². The van der Waals surface area contributed by atoms with Gasteiger partial charge in [0.25, 0.3) is 0 Å². The van der Waals surface area contributed by atoms with Gasteiger partial charge in [0.2, 0.25) is 11.3 Å². The van der Waals surface area contributed by atoms with Gasteiger partial charge in [-0.2, -0.15) is 0 Å². The molecule has 1 heterocycles. The maximum atomic E-state index is 12.1. The summed E-state index contributed by atoms with van der Waals surface area (Å²) in [7, 11) is 0. The molecular weight excluding hydrogens is 258 g/mol. The van der Waals surface area contributed by atoms with Crippen molar-refractivity contribution in [1.82, 2.24) is 0 Å². The van der Waals surface area contributed by atoms with E-state index in [4.69, 9.17) is 26.5 Å². The molecule has 0 fully saturated rings. The Balaban J connectivity index is 2.75. The predicted octanol–water partition coefficient (Wildman–Crippen LogP) is 2.21. The zero-order chi connectivity index (χ0) is 13.3. The van der Waals surface area contributed by atoms with Crippen LogP contribution in [0.25, 0.3) is 11.0 Å². The molecule has 0 aliphatic heterocycles. The molecule has 2 rings (SSSR count). The largest absolute Gasteiger partial charge is 0.462 e. The van der Waals surface area contributed by atoms with Gasteiger partial charge in [0.1, 0.15) is 5.58 Å². The number of esters is 1. The standard InChI is InChI=1S/C12H10ClNO4/c1-2-17-12(16)9-10(15)7-5-6(13)3-4-8(7)18-11(9)14/h3-5H,2,14H2,1H3. The Kier molecular flexibility index (Phi) is 3.25. The lowest BCUT2D eigenvalue weighted by molar-refractivity contribution is 0.0524. The van der Waals surface area contributed by atoms with E-state index in [0.29, 0.717) is 5.02 Å². The number of hydrogen-bond acceptors (Lipinski definition) is 5. The smallest absolute Gasteiger partial charge is 0.347 e. The van der Waals surface area contributed by atoms with Crippen molar-refractivity contribution in [3.05, 3.63) is 39.0 Å². The fraction of sp³-hybridized carbons (Fsp3) is 0.167. The van der Waals surface area contributed by atoms with Gasteiger partial charge in [-0.15, -0.1) is 0 Å². The number of nitrogen functional groups attached to an aromatic ring is 1. The Morgan fingerprint density at radius 1 is 1.50 bits per heavy atom. The van der Waals surface area contributed by atoms with Crippen LogP contribution in [-0.2, 0) is 4.74 Å². The molecule has 0 radical (unpaired) electrons. The number of anilines is 1. The third-order valence-electron chi connectivity index (χ3n) is 2.36. The molecule has 94 valence electrons. The highest BCUT2D eigenvalue weighted by atomic mass is 35.5. The summed E-state index contributed by atoms with van der Waals surface area (Å²) in [5, 5.41) is 0.564. The molecule has 5 nitrogen and oxygen atoms in total. The lowest BCUT2D eigenvalue weighted by Crippen LogP contribution is -2.20. The summed E-state index contributed by atoms with van der Waals surface area (Å²) < 4.78 is 9.97. The summed E-state index contributed by atoms with van der Waals surface area (Å²) in [5.41, 5.74) is 4.98. The molecular formula is C12H10ClNO4. The molecule has 1 aromatic heterocycles. The van der Waals surface area contributed by atoms with Gasteiger partial charge in [0.05, 0.1) is 12.0 Å². The van der Waals surface area contributed by atoms with Crippen molar-refractivity contribution in [2.24, 2.45) is 0 Å². The second kappa shape index (κ2) is 4.70. The fourth-order valence-electron chi connectivity index (χ4n) is 1.58. The first kappa shape index (κ1) is 12.4. The Morgan fingerprint density at radius 2 is 2.22 bits per heavy atom. The van der Waals surface area contributed by atoms with Gasteiger partial charge in [-0.3, -0.25) is 4.79 Å². The summed E-state index contributed by atoms with van der Waals surface area (Å²) in [6.07, 6.45) is 0. The number of carbonyl (C=O) groups excluding carboxylic acids is 1. The minimum Gasteiger partial charge on any atom is -0.462 e. The molecule has 1 aromatic carbocycles. The normalized spacial score (nSPS) is 10.6. The van der Waals surface area contributed by atoms with Crippen LogP contribution in [0.1, 0.15) is 17.3 Å². The highest BCUT2D eigenvalue weighted by molar-refractivity contribution is 6.31. The van der Waals surface area contributed by atoms with Crippen LogP contribution in [-0.4, -0.2) is 12.6 Å². The van der Waals surface area contributed by atoms with E-state index in [-0.39, 0.29) is 29.0 Å². The number of fused-ring (bicyclic) bond motifs is 1. The van der Waals surface area contributed by atoms with E-state index in [9.17, 15) is 9.59 Å². The third-order valence-corrected chi connectivity index (χ3v) is 2.59. The van der Waals surface area contributed by atoms with Crippen LogP contribution in [0, 0.1) is 0 Å². The Bertz CT molecular complexity index is 678. The van der Waals surface area contributed by atoms with Gasteiger partial charge >= 0.3 is 5.97 Å². The third kappa shape index (κ3) is 2.04. The van der Waals surface area contributed by atoms with Crippen molar-refractivity contribution in [1.29, 1.82) is 0 Å². The average Bonchev–Trinajstić information content (AvgIpc) is 2.31. The lowest BCUT2D eigenvalue weighted by Gasteiger charge is -2.05. The van der Waals surface area contributed by atoms with Gasteiger partial charge in [-0.25, -0.2) is 4.79 Å². The molecule has 6 heteroatoms. The number of nitrogens with two attached hydrogens (primary N) is 1. The van der Waals surface area contributed by atoms with Gasteiger partial charge in [0, 0.05) is 5.02 Å². The van der Waals surface area contributed by atoms with Crippen molar-refractivity contribution in [2.45, 2.75) is 6.92 Å². The van der Waals surface area contributed by atoms with Crippen LogP contribution < -0.4 is 11.2 Å². The molecule has 2 aromatic rings. The molecule has 0 bridgehead atoms. The number of benzene rings is 1. The van der Waals surface area contributed by atoms with E-state index in [2.05, 4.69) is 0 Å². The molecule has 0 saturated carbocycles. The van der Waals surface area contributed by atoms with Crippen molar-refractivity contribution < 1.29 is 13.9 Å². The topological polar surface area (TPSA) is 82.5 Å². The molecule has 0 aliphatic carbocycles. The quantitative estimate of drug-likeness (QED) is 0.844. The number of halogens is 1. The van der Waals surface area contributed by atoms with Crippen LogP contribution in [0.4, 0.5) is 5.88 Å². The Labute approximate surface area is 107 Å². The molecule has 0 aliphatic rings. The van der Waals surface area contributed by atoms with Crippen LogP contribution in [0.15, 0.2) is 27.4 Å². The first-order chi connectivity index (χ1) is 8.54. The molecule has 0 atom stereocenters. The van der Waals surface area contributed by atoms with Gasteiger partial charge in [0.15, 0.2) is 5.56 Å². The van der Waals surface area contributed by atoms with Crippen LogP contribution in [0.2, 0.25) is 5.02 Å². The summed E-state index contributed by atoms with van der Waals surface area (Å²) >= 11 is 5.80. The van der Waals surface area contributed by atoms with Crippen molar-refractivity contribution in [3.63, 3.8) is 0 Å². The second-order valence-electron chi connectivity index (χ2n) is 3.53. The van der Waals surface area contributed by atoms with Crippen molar-refractivity contribution >= 4 is 34.4 Å². The highest BCUT2D eigenvalue weighted by Crippen LogP contribution is 2.21. The van der Waals surface area contributed by atoms with E-state index < -0.39 is 11.4 Å². The van der Waals surface area contributed by atoms with Crippen LogP contribution >= 0.6 is 11.6 Å². The van der Waals surface area contributed by atoms with E-state index in [1.165, 1.54) is 12.1 Å². The lowest BCUT2D eigenvalue weighted by atomic mass is 10.1. The molecule has 2 N–H and O–H groups in total. The Morgan fingerprint density at radius 3 is 2.89 bits per heavy atom. The Hall–Kier alpha value is -2.01. The summed E-state index contributed by atoms with van der Waals surface area (Å²) in [4.78, 5) is 23.7. The van der Waals surface area contributed by atoms with Crippen LogP contribution in [0.5, 0.6) is 0 Å². The zero-order valence-corrected chi connectivity index (χ0v) is 10.3. The molecule has 0 unspecified atom stereocenters. The molecule has 0 amide bonds. The summed E-state index contributed by atoms with van der Waals surface area (Å²) in [5.74, 6) is -1.06. The summed E-state index contributed by atoms with van der Waals surface area (Å²) in [6.45, 7) is 1.78. The minimum absolute atomic E-state index is 0.144. The highest BCUT2D eigenvalue weighted by Gasteiger charge is 2.20. The predicted molar refractivity (Wildman–Crippen MR) is 67.9 cm³/mol. The summed E-state index contributed by atoms with van der Waals surface area (Å²) in [6, 6.07) is 4.51.